The quantitative estimate of drug-likeness (QED) is 0.623. The Labute approximate surface area is 175 Å². The summed E-state index contributed by atoms with van der Waals surface area (Å²) in [5.41, 5.74) is 0.661. The molecule has 2 amide bonds. The Kier molecular flexibility index (Phi) is 5.38. The second-order valence-corrected chi connectivity index (χ2v) is 8.22. The third-order valence-electron chi connectivity index (χ3n) is 4.75. The van der Waals surface area contributed by atoms with Crippen molar-refractivity contribution in [1.82, 2.24) is 14.8 Å². The molecular weight excluding hydrogens is 417 g/mol. The predicted octanol–water partition coefficient (Wildman–Crippen LogP) is 4.10. The molecule has 0 radical (unpaired) electrons. The lowest BCUT2D eigenvalue weighted by Crippen LogP contribution is -2.50. The molecule has 4 rings (SSSR count). The number of furan rings is 1. The van der Waals surface area contributed by atoms with Crippen molar-refractivity contribution in [3.63, 3.8) is 0 Å². The number of thiazole rings is 1. The Hall–Kier alpha value is -2.71. The SMILES string of the molecule is Cc1sc(-c2ccco2)nc1C(=O)N1CCN(C(=O)c2ccc(F)cc2Cl)CC1. The van der Waals surface area contributed by atoms with Crippen LogP contribution >= 0.6 is 22.9 Å². The summed E-state index contributed by atoms with van der Waals surface area (Å²) in [7, 11) is 0. The number of carbonyl (C=O) groups excluding carboxylic acids is 2. The van der Waals surface area contributed by atoms with Gasteiger partial charge in [-0.2, -0.15) is 0 Å². The van der Waals surface area contributed by atoms with E-state index in [1.807, 2.05) is 6.92 Å². The fraction of sp³-hybridized carbons (Fsp3) is 0.250. The number of halogens is 2. The average molecular weight is 434 g/mol. The smallest absolute Gasteiger partial charge is 0.273 e. The van der Waals surface area contributed by atoms with Crippen molar-refractivity contribution >= 4 is 34.8 Å². The van der Waals surface area contributed by atoms with E-state index in [1.165, 1.54) is 23.5 Å². The zero-order valence-electron chi connectivity index (χ0n) is 15.5. The minimum absolute atomic E-state index is 0.0806. The van der Waals surface area contributed by atoms with Crippen molar-refractivity contribution in [2.75, 3.05) is 26.2 Å². The Balaban J connectivity index is 1.43. The normalized spacial score (nSPS) is 14.3. The number of aromatic nitrogens is 1. The van der Waals surface area contributed by atoms with Gasteiger partial charge in [0.2, 0.25) is 0 Å². The highest BCUT2D eigenvalue weighted by molar-refractivity contribution is 7.15. The summed E-state index contributed by atoms with van der Waals surface area (Å²) in [5, 5.41) is 0.743. The van der Waals surface area contributed by atoms with E-state index in [9.17, 15) is 14.0 Å². The highest BCUT2D eigenvalue weighted by Crippen LogP contribution is 2.29. The van der Waals surface area contributed by atoms with Gasteiger partial charge in [-0.1, -0.05) is 11.6 Å². The maximum Gasteiger partial charge on any atom is 0.273 e. The van der Waals surface area contributed by atoms with E-state index in [2.05, 4.69) is 4.98 Å². The first-order valence-corrected chi connectivity index (χ1v) is 10.2. The first-order chi connectivity index (χ1) is 13.9. The molecule has 1 aliphatic heterocycles. The molecule has 29 heavy (non-hydrogen) atoms. The zero-order valence-corrected chi connectivity index (χ0v) is 17.1. The molecule has 0 unspecified atom stereocenters. The molecule has 0 saturated carbocycles. The second-order valence-electron chi connectivity index (χ2n) is 6.61. The predicted molar refractivity (Wildman–Crippen MR) is 108 cm³/mol. The molecule has 1 saturated heterocycles. The van der Waals surface area contributed by atoms with Gasteiger partial charge in [-0.05, 0) is 37.3 Å². The first kappa shape index (κ1) is 19.6. The van der Waals surface area contributed by atoms with Gasteiger partial charge in [-0.15, -0.1) is 11.3 Å². The van der Waals surface area contributed by atoms with Crippen molar-refractivity contribution < 1.29 is 18.4 Å². The Morgan fingerprint density at radius 1 is 1.14 bits per heavy atom. The monoisotopic (exact) mass is 433 g/mol. The molecule has 0 atom stereocenters. The fourth-order valence-corrected chi connectivity index (χ4v) is 4.32. The number of aryl methyl sites for hydroxylation is 1. The van der Waals surface area contributed by atoms with Crippen LogP contribution < -0.4 is 0 Å². The van der Waals surface area contributed by atoms with E-state index in [0.717, 1.165) is 10.9 Å². The van der Waals surface area contributed by atoms with Crippen LogP contribution in [0.3, 0.4) is 0 Å². The van der Waals surface area contributed by atoms with Crippen molar-refractivity contribution in [1.29, 1.82) is 0 Å². The van der Waals surface area contributed by atoms with E-state index in [-0.39, 0.29) is 22.4 Å². The van der Waals surface area contributed by atoms with Gasteiger partial charge in [-0.3, -0.25) is 9.59 Å². The summed E-state index contributed by atoms with van der Waals surface area (Å²) in [6.07, 6.45) is 1.57. The summed E-state index contributed by atoms with van der Waals surface area (Å²) in [4.78, 5) is 34.1. The van der Waals surface area contributed by atoms with Crippen LogP contribution in [0, 0.1) is 12.7 Å². The lowest BCUT2D eigenvalue weighted by molar-refractivity contribution is 0.0532. The van der Waals surface area contributed by atoms with Crippen LogP contribution in [0.4, 0.5) is 4.39 Å². The molecule has 9 heteroatoms. The summed E-state index contributed by atoms with van der Waals surface area (Å²) in [6, 6.07) is 7.29. The van der Waals surface area contributed by atoms with Gasteiger partial charge in [-0.25, -0.2) is 9.37 Å². The number of piperazine rings is 1. The molecule has 0 aliphatic carbocycles. The minimum Gasteiger partial charge on any atom is -0.462 e. The molecule has 1 aromatic carbocycles. The fourth-order valence-electron chi connectivity index (χ4n) is 3.20. The molecule has 3 aromatic rings. The molecule has 3 heterocycles. The van der Waals surface area contributed by atoms with Gasteiger partial charge >= 0.3 is 0 Å². The summed E-state index contributed by atoms with van der Waals surface area (Å²) in [5.74, 6) is -0.297. The maximum atomic E-state index is 13.2. The van der Waals surface area contributed by atoms with E-state index in [1.54, 1.807) is 28.2 Å². The van der Waals surface area contributed by atoms with Crippen LogP contribution in [0.25, 0.3) is 10.8 Å². The van der Waals surface area contributed by atoms with Crippen LogP contribution in [-0.4, -0.2) is 52.8 Å². The number of hydrogen-bond donors (Lipinski definition) is 0. The summed E-state index contributed by atoms with van der Waals surface area (Å²) < 4.78 is 18.6. The standard InChI is InChI=1S/C20H17ClFN3O3S/c1-12-17(23-18(29-12)16-3-2-10-28-16)20(27)25-8-6-24(7-9-25)19(26)14-5-4-13(22)11-15(14)21/h2-5,10-11H,6-9H2,1H3. The van der Waals surface area contributed by atoms with Crippen LogP contribution in [0.5, 0.6) is 0 Å². The van der Waals surface area contributed by atoms with Crippen LogP contribution in [-0.2, 0) is 0 Å². The van der Waals surface area contributed by atoms with Gasteiger partial charge in [0.05, 0.1) is 16.8 Å². The van der Waals surface area contributed by atoms with E-state index in [4.69, 9.17) is 16.0 Å². The van der Waals surface area contributed by atoms with Crippen molar-refractivity contribution in [3.05, 3.63) is 63.6 Å². The van der Waals surface area contributed by atoms with Crippen molar-refractivity contribution in [2.24, 2.45) is 0 Å². The van der Waals surface area contributed by atoms with Gasteiger partial charge in [0.25, 0.3) is 11.8 Å². The third-order valence-corrected chi connectivity index (χ3v) is 6.04. The van der Waals surface area contributed by atoms with Gasteiger partial charge in [0.1, 0.15) is 11.5 Å². The second kappa shape index (κ2) is 7.96. The molecule has 0 bridgehead atoms. The highest BCUT2D eigenvalue weighted by atomic mass is 35.5. The van der Waals surface area contributed by atoms with E-state index >= 15 is 0 Å². The van der Waals surface area contributed by atoms with E-state index in [0.29, 0.717) is 42.6 Å². The van der Waals surface area contributed by atoms with Crippen molar-refractivity contribution in [2.45, 2.75) is 6.92 Å². The largest absolute Gasteiger partial charge is 0.462 e. The molecule has 0 N–H and O–H groups in total. The molecule has 0 spiro atoms. The number of benzene rings is 1. The topological polar surface area (TPSA) is 66.7 Å². The van der Waals surface area contributed by atoms with Gasteiger partial charge < -0.3 is 14.2 Å². The van der Waals surface area contributed by atoms with E-state index < -0.39 is 5.82 Å². The molecule has 150 valence electrons. The van der Waals surface area contributed by atoms with Crippen LogP contribution in [0.2, 0.25) is 5.02 Å². The van der Waals surface area contributed by atoms with Crippen molar-refractivity contribution in [3.8, 4) is 10.8 Å². The first-order valence-electron chi connectivity index (χ1n) is 8.99. The zero-order chi connectivity index (χ0) is 20.5. The Morgan fingerprint density at radius 2 is 1.83 bits per heavy atom. The highest BCUT2D eigenvalue weighted by Gasteiger charge is 2.29. The lowest BCUT2D eigenvalue weighted by atomic mass is 10.1. The molecule has 1 fully saturated rings. The maximum absolute atomic E-state index is 13.2. The summed E-state index contributed by atoms with van der Waals surface area (Å²) >= 11 is 7.41. The minimum atomic E-state index is -0.491. The lowest BCUT2D eigenvalue weighted by Gasteiger charge is -2.34. The average Bonchev–Trinajstić information content (AvgIpc) is 3.37. The number of rotatable bonds is 3. The van der Waals surface area contributed by atoms with Crippen LogP contribution in [0.1, 0.15) is 25.7 Å². The third kappa shape index (κ3) is 3.90. The number of hydrogen-bond acceptors (Lipinski definition) is 5. The molecule has 2 aromatic heterocycles. The molecular formula is C20H17ClFN3O3S. The number of amides is 2. The van der Waals surface area contributed by atoms with Gasteiger partial charge in [0, 0.05) is 31.1 Å². The Bertz CT molecular complexity index is 1060. The number of carbonyl (C=O) groups is 2. The molecule has 6 nitrogen and oxygen atoms in total. The van der Waals surface area contributed by atoms with Gasteiger partial charge in [0.15, 0.2) is 10.8 Å². The Morgan fingerprint density at radius 3 is 2.45 bits per heavy atom. The summed E-state index contributed by atoms with van der Waals surface area (Å²) in [6.45, 7) is 3.36. The van der Waals surface area contributed by atoms with Crippen LogP contribution in [0.15, 0.2) is 41.0 Å². The number of nitrogens with zero attached hydrogens (tertiary/aromatic N) is 3. The molecule has 1 aliphatic rings.